The second-order valence-electron chi connectivity index (χ2n) is 3.83. The maximum Gasteiger partial charge on any atom is 0.216 e. The van der Waals surface area contributed by atoms with Gasteiger partial charge in [0.05, 0.1) is 0 Å². The third-order valence-corrected chi connectivity index (χ3v) is 2.59. The molecule has 0 aliphatic heterocycles. The summed E-state index contributed by atoms with van der Waals surface area (Å²) in [5.74, 6) is -1.85. The number of rotatable bonds is 3. The van der Waals surface area contributed by atoms with E-state index in [2.05, 4.69) is 10.3 Å². The number of hydrogen-bond donors (Lipinski definition) is 2. The molecule has 0 aliphatic rings. The molecule has 0 fully saturated rings. The van der Waals surface area contributed by atoms with Crippen molar-refractivity contribution < 1.29 is 13.6 Å². The summed E-state index contributed by atoms with van der Waals surface area (Å²) in [5, 5.41) is 2.87. The number of carbonyl (C=O) groups is 1. The van der Waals surface area contributed by atoms with Gasteiger partial charge in [-0.3, -0.25) is 4.79 Å². The Bertz CT molecular complexity index is 563. The predicted octanol–water partition coefficient (Wildman–Crippen LogP) is 2.12. The molecule has 3 nitrogen and oxygen atoms in total. The van der Waals surface area contributed by atoms with Crippen molar-refractivity contribution in [1.82, 2.24) is 10.3 Å². The molecule has 0 bridgehead atoms. The number of hydrogen-bond acceptors (Lipinski definition) is 1. The van der Waals surface area contributed by atoms with Crippen LogP contribution in [0.5, 0.6) is 0 Å². The van der Waals surface area contributed by atoms with Crippen molar-refractivity contribution in [2.75, 3.05) is 6.54 Å². The molecule has 1 amide bonds. The Morgan fingerprint density at radius 2 is 2.18 bits per heavy atom. The van der Waals surface area contributed by atoms with Gasteiger partial charge in [-0.1, -0.05) is 0 Å². The molecule has 2 N–H and O–H groups in total. The number of halogens is 2. The molecule has 0 saturated heterocycles. The second-order valence-corrected chi connectivity index (χ2v) is 3.83. The molecular weight excluding hydrogens is 226 g/mol. The van der Waals surface area contributed by atoms with E-state index in [0.717, 1.165) is 6.07 Å². The molecule has 0 spiro atoms. The van der Waals surface area contributed by atoms with Crippen molar-refractivity contribution in [3.8, 4) is 0 Å². The largest absolute Gasteiger partial charge is 0.361 e. The number of benzene rings is 1. The SMILES string of the molecule is CC(=O)NCCc1c[nH]c2ccc(F)c(F)c12. The van der Waals surface area contributed by atoms with Crippen LogP contribution in [0.2, 0.25) is 0 Å². The van der Waals surface area contributed by atoms with Gasteiger partial charge in [-0.15, -0.1) is 0 Å². The summed E-state index contributed by atoms with van der Waals surface area (Å²) in [7, 11) is 0. The monoisotopic (exact) mass is 238 g/mol. The maximum absolute atomic E-state index is 13.6. The fraction of sp³-hybridized carbons (Fsp3) is 0.250. The van der Waals surface area contributed by atoms with E-state index in [0.29, 0.717) is 24.0 Å². The highest BCUT2D eigenvalue weighted by Gasteiger charge is 2.12. The van der Waals surface area contributed by atoms with Crippen LogP contribution in [-0.4, -0.2) is 17.4 Å². The highest BCUT2D eigenvalue weighted by Crippen LogP contribution is 2.23. The van der Waals surface area contributed by atoms with E-state index >= 15 is 0 Å². The van der Waals surface area contributed by atoms with Crippen molar-refractivity contribution >= 4 is 16.8 Å². The summed E-state index contributed by atoms with van der Waals surface area (Å²) in [6.45, 7) is 1.81. The molecule has 0 saturated carbocycles. The normalized spacial score (nSPS) is 10.8. The lowest BCUT2D eigenvalue weighted by atomic mass is 10.1. The summed E-state index contributed by atoms with van der Waals surface area (Å²) in [4.78, 5) is 13.6. The third kappa shape index (κ3) is 2.27. The minimum Gasteiger partial charge on any atom is -0.361 e. The Kier molecular flexibility index (Phi) is 3.08. The van der Waals surface area contributed by atoms with Crippen LogP contribution in [0.15, 0.2) is 18.3 Å². The molecule has 2 rings (SSSR count). The van der Waals surface area contributed by atoms with Crippen molar-refractivity contribution in [3.05, 3.63) is 35.5 Å². The van der Waals surface area contributed by atoms with Crippen LogP contribution < -0.4 is 5.32 Å². The third-order valence-electron chi connectivity index (χ3n) is 2.59. The van der Waals surface area contributed by atoms with Gasteiger partial charge in [0.1, 0.15) is 0 Å². The van der Waals surface area contributed by atoms with Crippen LogP contribution in [0, 0.1) is 11.6 Å². The standard InChI is InChI=1S/C12H12F2N2O/c1-7(17)15-5-4-8-6-16-10-3-2-9(13)12(14)11(8)10/h2-3,6,16H,4-5H2,1H3,(H,15,17). The van der Waals surface area contributed by atoms with Crippen LogP contribution in [0.25, 0.3) is 10.9 Å². The molecule has 1 aromatic heterocycles. The fourth-order valence-corrected chi connectivity index (χ4v) is 1.79. The smallest absolute Gasteiger partial charge is 0.216 e. The Labute approximate surface area is 96.8 Å². The van der Waals surface area contributed by atoms with Crippen LogP contribution in [0.4, 0.5) is 8.78 Å². The van der Waals surface area contributed by atoms with Crippen molar-refractivity contribution in [2.45, 2.75) is 13.3 Å². The Balaban J connectivity index is 2.28. The van der Waals surface area contributed by atoms with E-state index in [1.54, 1.807) is 6.20 Å². The van der Waals surface area contributed by atoms with Crippen LogP contribution in [0.1, 0.15) is 12.5 Å². The van der Waals surface area contributed by atoms with E-state index in [-0.39, 0.29) is 11.3 Å². The highest BCUT2D eigenvalue weighted by atomic mass is 19.2. The van der Waals surface area contributed by atoms with Crippen molar-refractivity contribution in [2.24, 2.45) is 0 Å². The molecule has 0 unspecified atom stereocenters. The van der Waals surface area contributed by atoms with E-state index in [1.165, 1.54) is 13.0 Å². The molecular formula is C12H12F2N2O. The number of carbonyl (C=O) groups excluding carboxylic acids is 1. The van der Waals surface area contributed by atoms with Crippen molar-refractivity contribution in [1.29, 1.82) is 0 Å². The summed E-state index contributed by atoms with van der Waals surface area (Å²) >= 11 is 0. The van der Waals surface area contributed by atoms with E-state index in [1.807, 2.05) is 0 Å². The van der Waals surface area contributed by atoms with Gasteiger partial charge in [0, 0.05) is 30.6 Å². The van der Waals surface area contributed by atoms with Gasteiger partial charge < -0.3 is 10.3 Å². The van der Waals surface area contributed by atoms with Crippen molar-refractivity contribution in [3.63, 3.8) is 0 Å². The highest BCUT2D eigenvalue weighted by molar-refractivity contribution is 5.84. The first kappa shape index (κ1) is 11.6. The minimum absolute atomic E-state index is 0.142. The molecule has 0 atom stereocenters. The van der Waals surface area contributed by atoms with Gasteiger partial charge in [0.25, 0.3) is 0 Å². The van der Waals surface area contributed by atoms with Gasteiger partial charge in [-0.25, -0.2) is 8.78 Å². The summed E-state index contributed by atoms with van der Waals surface area (Å²) in [6.07, 6.45) is 2.09. The number of H-pyrrole nitrogens is 1. The first-order valence-corrected chi connectivity index (χ1v) is 5.28. The van der Waals surface area contributed by atoms with Gasteiger partial charge >= 0.3 is 0 Å². The number of aromatic nitrogens is 1. The Morgan fingerprint density at radius 1 is 1.41 bits per heavy atom. The average molecular weight is 238 g/mol. The summed E-state index contributed by atoms with van der Waals surface area (Å²) in [5.41, 5.74) is 1.22. The van der Waals surface area contributed by atoms with Gasteiger partial charge in [0.2, 0.25) is 5.91 Å². The lowest BCUT2D eigenvalue weighted by molar-refractivity contribution is -0.118. The zero-order valence-corrected chi connectivity index (χ0v) is 9.31. The van der Waals surface area contributed by atoms with E-state index < -0.39 is 11.6 Å². The number of amides is 1. The molecule has 2 aromatic rings. The van der Waals surface area contributed by atoms with Gasteiger partial charge in [0.15, 0.2) is 11.6 Å². The Morgan fingerprint density at radius 3 is 2.88 bits per heavy atom. The molecule has 1 aromatic carbocycles. The lowest BCUT2D eigenvalue weighted by Gasteiger charge is -2.02. The number of aromatic amines is 1. The summed E-state index contributed by atoms with van der Waals surface area (Å²) < 4.78 is 26.7. The van der Waals surface area contributed by atoms with Crippen LogP contribution >= 0.6 is 0 Å². The average Bonchev–Trinajstić information content (AvgIpc) is 2.67. The molecule has 90 valence electrons. The number of nitrogens with one attached hydrogen (secondary N) is 2. The first-order valence-electron chi connectivity index (χ1n) is 5.28. The molecule has 0 aliphatic carbocycles. The fourth-order valence-electron chi connectivity index (χ4n) is 1.79. The second kappa shape index (κ2) is 4.53. The van der Waals surface area contributed by atoms with Crippen LogP contribution in [0.3, 0.4) is 0 Å². The quantitative estimate of drug-likeness (QED) is 0.845. The minimum atomic E-state index is -0.863. The zero-order chi connectivity index (χ0) is 12.4. The van der Waals surface area contributed by atoms with E-state index in [4.69, 9.17) is 0 Å². The molecule has 5 heteroatoms. The molecule has 17 heavy (non-hydrogen) atoms. The van der Waals surface area contributed by atoms with Gasteiger partial charge in [-0.05, 0) is 24.1 Å². The Hall–Kier alpha value is -1.91. The van der Waals surface area contributed by atoms with Crippen LogP contribution in [-0.2, 0) is 11.2 Å². The maximum atomic E-state index is 13.6. The first-order chi connectivity index (χ1) is 8.09. The molecule has 0 radical (unpaired) electrons. The number of fused-ring (bicyclic) bond motifs is 1. The predicted molar refractivity (Wildman–Crippen MR) is 60.6 cm³/mol. The molecule has 1 heterocycles. The summed E-state index contributed by atoms with van der Waals surface area (Å²) in [6, 6.07) is 2.58. The van der Waals surface area contributed by atoms with E-state index in [9.17, 15) is 13.6 Å². The zero-order valence-electron chi connectivity index (χ0n) is 9.31. The van der Waals surface area contributed by atoms with Gasteiger partial charge in [-0.2, -0.15) is 0 Å². The lowest BCUT2D eigenvalue weighted by Crippen LogP contribution is -2.22. The topological polar surface area (TPSA) is 44.9 Å².